The summed E-state index contributed by atoms with van der Waals surface area (Å²) >= 11 is 0. The number of benzene rings is 2. The first-order valence-corrected chi connectivity index (χ1v) is 10.2. The van der Waals surface area contributed by atoms with Gasteiger partial charge in [-0.25, -0.2) is 9.50 Å². The van der Waals surface area contributed by atoms with Crippen LogP contribution in [0.1, 0.15) is 27.2 Å². The van der Waals surface area contributed by atoms with Crippen LogP contribution in [0.3, 0.4) is 0 Å². The SMILES string of the molecule is COc1ccc(-c2cc(C(F)(F)F)n3ncc(C(=O)Nc4cc(C)ccc4C)c3n2)cc1OC. The second-order valence-electron chi connectivity index (χ2n) is 7.66. The Labute approximate surface area is 193 Å². The Kier molecular flexibility index (Phi) is 5.90. The molecule has 0 spiro atoms. The Bertz CT molecular complexity index is 1400. The van der Waals surface area contributed by atoms with Crippen molar-refractivity contribution < 1.29 is 27.4 Å². The zero-order chi connectivity index (χ0) is 24.6. The molecule has 0 aliphatic heterocycles. The molecule has 4 rings (SSSR count). The van der Waals surface area contributed by atoms with Crippen molar-refractivity contribution in [1.29, 1.82) is 0 Å². The Morgan fingerprint density at radius 1 is 1.00 bits per heavy atom. The van der Waals surface area contributed by atoms with Gasteiger partial charge in [0.2, 0.25) is 0 Å². The molecule has 0 bridgehead atoms. The summed E-state index contributed by atoms with van der Waals surface area (Å²) in [5.41, 5.74) is 1.27. The summed E-state index contributed by atoms with van der Waals surface area (Å²) in [5.74, 6) is 0.131. The predicted octanol–water partition coefficient (Wildman–Crippen LogP) is 5.30. The van der Waals surface area contributed by atoms with Crippen molar-refractivity contribution in [1.82, 2.24) is 14.6 Å². The van der Waals surface area contributed by atoms with E-state index in [1.165, 1.54) is 20.3 Å². The molecule has 1 N–H and O–H groups in total. The van der Waals surface area contributed by atoms with E-state index < -0.39 is 17.8 Å². The van der Waals surface area contributed by atoms with Crippen LogP contribution in [0, 0.1) is 13.8 Å². The number of ether oxygens (including phenoxy) is 2. The fourth-order valence-electron chi connectivity index (χ4n) is 3.53. The van der Waals surface area contributed by atoms with Crippen LogP contribution in [0.2, 0.25) is 0 Å². The second-order valence-corrected chi connectivity index (χ2v) is 7.66. The number of rotatable bonds is 5. The summed E-state index contributed by atoms with van der Waals surface area (Å²) in [4.78, 5) is 17.4. The van der Waals surface area contributed by atoms with Gasteiger partial charge in [-0.2, -0.15) is 18.3 Å². The van der Waals surface area contributed by atoms with Gasteiger partial charge in [0.25, 0.3) is 5.91 Å². The van der Waals surface area contributed by atoms with E-state index in [0.29, 0.717) is 27.3 Å². The third-order valence-corrected chi connectivity index (χ3v) is 5.33. The molecule has 2 heterocycles. The minimum Gasteiger partial charge on any atom is -0.493 e. The number of anilines is 1. The number of alkyl halides is 3. The van der Waals surface area contributed by atoms with Crippen LogP contribution < -0.4 is 14.8 Å². The average Bonchev–Trinajstić information content (AvgIpc) is 3.23. The molecular weight excluding hydrogens is 449 g/mol. The Morgan fingerprint density at radius 2 is 1.74 bits per heavy atom. The molecule has 7 nitrogen and oxygen atoms in total. The molecule has 176 valence electrons. The van der Waals surface area contributed by atoms with E-state index in [1.807, 2.05) is 26.0 Å². The van der Waals surface area contributed by atoms with Gasteiger partial charge in [0.05, 0.1) is 26.1 Å². The fraction of sp³-hybridized carbons (Fsp3) is 0.208. The highest BCUT2D eigenvalue weighted by Crippen LogP contribution is 2.36. The van der Waals surface area contributed by atoms with Crippen LogP contribution in [0.5, 0.6) is 11.5 Å². The number of aromatic nitrogens is 3. The first-order chi connectivity index (χ1) is 16.1. The van der Waals surface area contributed by atoms with E-state index in [4.69, 9.17) is 9.47 Å². The molecule has 2 aromatic carbocycles. The fourth-order valence-corrected chi connectivity index (χ4v) is 3.53. The highest BCUT2D eigenvalue weighted by atomic mass is 19.4. The van der Waals surface area contributed by atoms with Gasteiger partial charge < -0.3 is 14.8 Å². The number of hydrogen-bond donors (Lipinski definition) is 1. The standard InChI is InChI=1S/C24H21F3N4O3/c1-13-5-6-14(2)17(9-13)30-23(32)16-12-28-31-21(24(25,26)27)11-18(29-22(16)31)15-7-8-19(33-3)20(10-15)34-4/h5-12H,1-4H3,(H,30,32). The van der Waals surface area contributed by atoms with Crippen LogP contribution in [0.25, 0.3) is 16.9 Å². The number of fused-ring (bicyclic) bond motifs is 1. The summed E-state index contributed by atoms with van der Waals surface area (Å²) in [7, 11) is 2.88. The molecular formula is C24H21F3N4O3. The van der Waals surface area contributed by atoms with Crippen molar-refractivity contribution in [3.8, 4) is 22.8 Å². The molecule has 10 heteroatoms. The van der Waals surface area contributed by atoms with Crippen LogP contribution in [0.4, 0.5) is 18.9 Å². The molecule has 2 aromatic heterocycles. The van der Waals surface area contributed by atoms with Crippen molar-refractivity contribution in [2.75, 3.05) is 19.5 Å². The lowest BCUT2D eigenvalue weighted by atomic mass is 10.1. The Morgan fingerprint density at radius 3 is 2.41 bits per heavy atom. The Hall–Kier alpha value is -4.08. The maximum absolute atomic E-state index is 13.9. The highest BCUT2D eigenvalue weighted by Gasteiger charge is 2.36. The van der Waals surface area contributed by atoms with Crippen LogP contribution in [-0.4, -0.2) is 34.7 Å². The second kappa shape index (κ2) is 8.69. The Balaban J connectivity index is 1.86. The van der Waals surface area contributed by atoms with E-state index in [-0.39, 0.29) is 16.9 Å². The molecule has 4 aromatic rings. The number of nitrogens with one attached hydrogen (secondary N) is 1. The normalized spacial score (nSPS) is 11.5. The zero-order valence-corrected chi connectivity index (χ0v) is 18.8. The van der Waals surface area contributed by atoms with Gasteiger partial charge in [-0.15, -0.1) is 0 Å². The third kappa shape index (κ3) is 4.26. The van der Waals surface area contributed by atoms with Crippen molar-refractivity contribution in [3.63, 3.8) is 0 Å². The molecule has 0 fully saturated rings. The lowest BCUT2D eigenvalue weighted by Crippen LogP contribution is -2.16. The number of aryl methyl sites for hydroxylation is 2. The summed E-state index contributed by atoms with van der Waals surface area (Å²) in [6, 6.07) is 11.0. The van der Waals surface area contributed by atoms with Crippen LogP contribution >= 0.6 is 0 Å². The lowest BCUT2D eigenvalue weighted by molar-refractivity contribution is -0.142. The molecule has 34 heavy (non-hydrogen) atoms. The summed E-state index contributed by atoms with van der Waals surface area (Å²) in [6.45, 7) is 3.69. The van der Waals surface area contributed by atoms with Gasteiger partial charge in [0.1, 0.15) is 5.56 Å². The number of nitrogens with zero attached hydrogens (tertiary/aromatic N) is 3. The third-order valence-electron chi connectivity index (χ3n) is 5.33. The van der Waals surface area contributed by atoms with Crippen molar-refractivity contribution in [2.24, 2.45) is 0 Å². The topological polar surface area (TPSA) is 77.8 Å². The molecule has 1 amide bonds. The van der Waals surface area contributed by atoms with E-state index in [1.54, 1.807) is 18.2 Å². The number of hydrogen-bond acceptors (Lipinski definition) is 5. The number of carbonyl (C=O) groups is 1. The van der Waals surface area contributed by atoms with Gasteiger partial charge in [0, 0.05) is 11.3 Å². The summed E-state index contributed by atoms with van der Waals surface area (Å²) < 4.78 is 52.8. The van der Waals surface area contributed by atoms with Gasteiger partial charge in [0.15, 0.2) is 22.8 Å². The number of amides is 1. The monoisotopic (exact) mass is 470 g/mol. The predicted molar refractivity (Wildman–Crippen MR) is 120 cm³/mol. The molecule has 0 unspecified atom stereocenters. The largest absolute Gasteiger partial charge is 0.493 e. The quantitative estimate of drug-likeness (QED) is 0.428. The minimum atomic E-state index is -4.74. The first kappa shape index (κ1) is 23.1. The van der Waals surface area contributed by atoms with Gasteiger partial charge in [-0.1, -0.05) is 12.1 Å². The minimum absolute atomic E-state index is 0.00191. The number of methoxy groups -OCH3 is 2. The molecule has 0 saturated carbocycles. The molecule has 0 saturated heterocycles. The van der Waals surface area contributed by atoms with Gasteiger partial charge >= 0.3 is 6.18 Å². The number of halogens is 3. The van der Waals surface area contributed by atoms with Crippen molar-refractivity contribution in [2.45, 2.75) is 20.0 Å². The van der Waals surface area contributed by atoms with Crippen molar-refractivity contribution >= 4 is 17.2 Å². The summed E-state index contributed by atoms with van der Waals surface area (Å²) in [6.07, 6.45) is -3.66. The molecule has 0 aliphatic rings. The summed E-state index contributed by atoms with van der Waals surface area (Å²) in [5, 5.41) is 6.56. The molecule has 0 atom stereocenters. The van der Waals surface area contributed by atoms with E-state index in [0.717, 1.165) is 23.4 Å². The van der Waals surface area contributed by atoms with E-state index in [9.17, 15) is 18.0 Å². The highest BCUT2D eigenvalue weighted by molar-refractivity contribution is 6.08. The van der Waals surface area contributed by atoms with Crippen LogP contribution in [0.15, 0.2) is 48.7 Å². The lowest BCUT2D eigenvalue weighted by Gasteiger charge is -2.13. The number of carbonyl (C=O) groups excluding carboxylic acids is 1. The average molecular weight is 470 g/mol. The van der Waals surface area contributed by atoms with Gasteiger partial charge in [-0.05, 0) is 55.3 Å². The van der Waals surface area contributed by atoms with E-state index >= 15 is 0 Å². The van der Waals surface area contributed by atoms with Crippen molar-refractivity contribution in [3.05, 3.63) is 71.0 Å². The van der Waals surface area contributed by atoms with Crippen LogP contribution in [-0.2, 0) is 6.18 Å². The maximum Gasteiger partial charge on any atom is 0.433 e. The maximum atomic E-state index is 13.9. The first-order valence-electron chi connectivity index (χ1n) is 10.2. The smallest absolute Gasteiger partial charge is 0.433 e. The molecule has 0 aliphatic carbocycles. The zero-order valence-electron chi connectivity index (χ0n) is 18.8. The molecule has 0 radical (unpaired) electrons. The van der Waals surface area contributed by atoms with Gasteiger partial charge in [-0.3, -0.25) is 4.79 Å². The van der Waals surface area contributed by atoms with E-state index in [2.05, 4.69) is 15.4 Å².